The molecule has 0 aliphatic heterocycles. The van der Waals surface area contributed by atoms with Gasteiger partial charge in [-0.25, -0.2) is 0 Å². The van der Waals surface area contributed by atoms with Crippen LogP contribution in [-0.4, -0.2) is 17.5 Å². The van der Waals surface area contributed by atoms with Crippen LogP contribution in [0, 0.1) is 0 Å². The molecule has 0 fully saturated rings. The van der Waals surface area contributed by atoms with Crippen LogP contribution in [0.5, 0.6) is 0 Å². The van der Waals surface area contributed by atoms with E-state index in [0.29, 0.717) is 0 Å². The van der Waals surface area contributed by atoms with E-state index in [4.69, 9.17) is 0 Å². The van der Waals surface area contributed by atoms with Gasteiger partial charge in [-0.1, -0.05) is 0 Å². The van der Waals surface area contributed by atoms with Crippen molar-refractivity contribution in [2.45, 2.75) is 12.3 Å². The molecular formula is C4F9N. The van der Waals surface area contributed by atoms with E-state index in [-0.39, 0.29) is 0 Å². The average molecular weight is 233 g/mol. The van der Waals surface area contributed by atoms with E-state index in [1.807, 2.05) is 0 Å². The summed E-state index contributed by atoms with van der Waals surface area (Å²) in [5.41, 5.74) is 0. The maximum absolute atomic E-state index is 11.9. The van der Waals surface area contributed by atoms with Gasteiger partial charge in [-0.2, -0.15) is 35.1 Å². The molecule has 0 amide bonds. The molecule has 0 unspecified atom stereocenters. The minimum atomic E-state index is -6.28. The highest BCUT2D eigenvalue weighted by molar-refractivity contribution is 5.02. The van der Waals surface area contributed by atoms with Gasteiger partial charge < -0.3 is 0 Å². The molecule has 0 aromatic rings. The molecule has 14 heavy (non-hydrogen) atoms. The lowest BCUT2D eigenvalue weighted by atomic mass is 10.5. The molecule has 0 N–H and O–H groups in total. The van der Waals surface area contributed by atoms with E-state index in [0.717, 1.165) is 0 Å². The monoisotopic (exact) mass is 233 g/mol. The van der Waals surface area contributed by atoms with Crippen molar-refractivity contribution in [3.63, 3.8) is 0 Å². The minimum absolute atomic E-state index is 3.26. The van der Waals surface area contributed by atoms with Crippen molar-refractivity contribution < 1.29 is 39.6 Å². The van der Waals surface area contributed by atoms with Gasteiger partial charge in [0.2, 0.25) is 0 Å². The van der Waals surface area contributed by atoms with Gasteiger partial charge in [-0.15, -0.1) is 4.48 Å². The van der Waals surface area contributed by atoms with Crippen molar-refractivity contribution in [3.8, 4) is 0 Å². The first kappa shape index (κ1) is 13.1. The summed E-state index contributed by atoms with van der Waals surface area (Å²) < 4.78 is 103. The number of rotatable bonds is 2. The SMILES string of the molecule is FC(F)=C(F)C(F)(F)N(F)C(F)(F)F. The van der Waals surface area contributed by atoms with E-state index in [2.05, 4.69) is 0 Å². The second-order valence-electron chi connectivity index (χ2n) is 1.86. The molecule has 0 aromatic carbocycles. The molecular weight excluding hydrogens is 233 g/mol. The summed E-state index contributed by atoms with van der Waals surface area (Å²) in [6, 6.07) is -6.07. The van der Waals surface area contributed by atoms with E-state index >= 15 is 0 Å². The minimum Gasteiger partial charge on any atom is -0.197 e. The van der Waals surface area contributed by atoms with Crippen molar-refractivity contribution in [2.24, 2.45) is 0 Å². The normalized spacial score (nSPS) is 13.3. The topological polar surface area (TPSA) is 3.24 Å². The lowest BCUT2D eigenvalue weighted by Crippen LogP contribution is -2.45. The summed E-state index contributed by atoms with van der Waals surface area (Å²) in [4.78, 5) is 0. The fourth-order valence-electron chi connectivity index (χ4n) is 0.359. The van der Waals surface area contributed by atoms with Crippen LogP contribution in [0.25, 0.3) is 0 Å². The number of hydrogen-bond acceptors (Lipinski definition) is 1. The van der Waals surface area contributed by atoms with Gasteiger partial charge in [0.25, 0.3) is 5.83 Å². The van der Waals surface area contributed by atoms with Gasteiger partial charge in [0.1, 0.15) is 0 Å². The Morgan fingerprint density at radius 3 is 1.43 bits per heavy atom. The highest BCUT2D eigenvalue weighted by Gasteiger charge is 2.59. The molecule has 0 aliphatic carbocycles. The molecule has 0 bridgehead atoms. The Morgan fingerprint density at radius 2 is 1.21 bits per heavy atom. The van der Waals surface area contributed by atoms with Gasteiger partial charge in [0.05, 0.1) is 0 Å². The first-order chi connectivity index (χ1) is 6.01. The first-order valence-corrected chi connectivity index (χ1v) is 2.63. The fraction of sp³-hybridized carbons (Fsp3) is 0.500. The molecule has 0 atom stereocenters. The smallest absolute Gasteiger partial charge is 0.197 e. The molecule has 0 spiro atoms. The van der Waals surface area contributed by atoms with Crippen LogP contribution < -0.4 is 0 Å². The van der Waals surface area contributed by atoms with Crippen molar-refractivity contribution in [1.82, 2.24) is 5.12 Å². The Hall–Kier alpha value is -0.930. The van der Waals surface area contributed by atoms with Crippen molar-refractivity contribution >= 4 is 0 Å². The predicted molar refractivity (Wildman–Crippen MR) is 24.3 cm³/mol. The molecule has 0 heterocycles. The average Bonchev–Trinajstić information content (AvgIpc) is 1.99. The maximum Gasteiger partial charge on any atom is 0.492 e. The zero-order chi connectivity index (χ0) is 11.7. The van der Waals surface area contributed by atoms with Crippen LogP contribution >= 0.6 is 0 Å². The van der Waals surface area contributed by atoms with Crippen LogP contribution in [0.4, 0.5) is 39.6 Å². The molecule has 1 nitrogen and oxygen atoms in total. The van der Waals surface area contributed by atoms with E-state index < -0.39 is 29.4 Å². The van der Waals surface area contributed by atoms with Gasteiger partial charge in [0.15, 0.2) is 0 Å². The van der Waals surface area contributed by atoms with Gasteiger partial charge >= 0.3 is 18.4 Å². The number of alkyl halides is 5. The zero-order valence-electron chi connectivity index (χ0n) is 5.85. The second kappa shape index (κ2) is 3.67. The molecule has 0 aliphatic rings. The number of nitrogens with zero attached hydrogens (tertiary/aromatic N) is 1. The highest BCUT2D eigenvalue weighted by Crippen LogP contribution is 2.39. The molecule has 10 heteroatoms. The van der Waals surface area contributed by atoms with Gasteiger partial charge in [-0.05, 0) is 0 Å². The van der Waals surface area contributed by atoms with Crippen LogP contribution in [-0.2, 0) is 0 Å². The van der Waals surface area contributed by atoms with E-state index in [9.17, 15) is 39.6 Å². The van der Waals surface area contributed by atoms with Gasteiger partial charge in [0, 0.05) is 5.12 Å². The number of hydrogen-bond donors (Lipinski definition) is 0. The largest absolute Gasteiger partial charge is 0.492 e. The van der Waals surface area contributed by atoms with Crippen molar-refractivity contribution in [2.75, 3.05) is 0 Å². The summed E-state index contributed by atoms with van der Waals surface area (Å²) in [5, 5.41) is -3.26. The number of halogens is 9. The van der Waals surface area contributed by atoms with Crippen LogP contribution in [0.15, 0.2) is 11.9 Å². The molecule has 0 radical (unpaired) electrons. The fourth-order valence-corrected chi connectivity index (χ4v) is 0.359. The molecule has 0 rings (SSSR count). The summed E-state index contributed by atoms with van der Waals surface area (Å²) >= 11 is 0. The summed E-state index contributed by atoms with van der Waals surface area (Å²) in [6.07, 6.45) is -10.0. The summed E-state index contributed by atoms with van der Waals surface area (Å²) in [5.74, 6) is -3.79. The van der Waals surface area contributed by atoms with Crippen LogP contribution in [0.1, 0.15) is 0 Å². The van der Waals surface area contributed by atoms with Crippen LogP contribution in [0.2, 0.25) is 0 Å². The quantitative estimate of drug-likeness (QED) is 0.401. The molecule has 0 saturated carbocycles. The predicted octanol–water partition coefficient (Wildman–Crippen LogP) is 3.36. The van der Waals surface area contributed by atoms with Crippen molar-refractivity contribution in [1.29, 1.82) is 0 Å². The third kappa shape index (κ3) is 2.53. The van der Waals surface area contributed by atoms with E-state index in [1.165, 1.54) is 0 Å². The zero-order valence-corrected chi connectivity index (χ0v) is 5.85. The maximum atomic E-state index is 11.9. The molecule has 0 aromatic heterocycles. The third-order valence-electron chi connectivity index (χ3n) is 0.899. The Labute approximate surface area is 70.3 Å². The summed E-state index contributed by atoms with van der Waals surface area (Å²) in [6.45, 7) is 0. The second-order valence-corrected chi connectivity index (χ2v) is 1.86. The van der Waals surface area contributed by atoms with E-state index in [1.54, 1.807) is 0 Å². The van der Waals surface area contributed by atoms with Crippen LogP contribution in [0.3, 0.4) is 0 Å². The standard InChI is InChI=1S/C4F9N/c5-1(2(6)7)3(8,9)14(13)4(10,11)12. The summed E-state index contributed by atoms with van der Waals surface area (Å²) in [7, 11) is 0. The molecule has 0 saturated heterocycles. The Kier molecular flexibility index (Phi) is 3.43. The highest BCUT2D eigenvalue weighted by atomic mass is 19.4. The lowest BCUT2D eigenvalue weighted by Gasteiger charge is -2.22. The molecule has 84 valence electrons. The third-order valence-corrected chi connectivity index (χ3v) is 0.899. The lowest BCUT2D eigenvalue weighted by molar-refractivity contribution is -0.393. The first-order valence-electron chi connectivity index (χ1n) is 2.63. The van der Waals surface area contributed by atoms with Crippen molar-refractivity contribution in [3.05, 3.63) is 11.9 Å². The Morgan fingerprint density at radius 1 is 0.857 bits per heavy atom. The van der Waals surface area contributed by atoms with Gasteiger partial charge in [-0.3, -0.25) is 0 Å². The Bertz CT molecular complexity index is 236. The Balaban J connectivity index is 5.08.